The van der Waals surface area contributed by atoms with Gasteiger partial charge >= 0.3 is 0 Å². The molecule has 1 heterocycles. The van der Waals surface area contributed by atoms with Gasteiger partial charge in [0.2, 0.25) is 0 Å². The first-order valence-electron chi connectivity index (χ1n) is 4.67. The van der Waals surface area contributed by atoms with Crippen LogP contribution in [0.3, 0.4) is 0 Å². The fourth-order valence-corrected chi connectivity index (χ4v) is 1.88. The van der Waals surface area contributed by atoms with Gasteiger partial charge in [-0.3, -0.25) is 0 Å². The molecular formula is C12H12N2. The van der Waals surface area contributed by atoms with Crippen LogP contribution in [0, 0.1) is 25.2 Å². The van der Waals surface area contributed by atoms with E-state index in [1.807, 2.05) is 12.1 Å². The second-order valence-electron chi connectivity index (χ2n) is 3.47. The molecule has 0 amide bonds. The van der Waals surface area contributed by atoms with Crippen molar-refractivity contribution in [3.05, 3.63) is 35.5 Å². The van der Waals surface area contributed by atoms with E-state index in [1.165, 1.54) is 16.6 Å². The molecule has 2 nitrogen and oxygen atoms in total. The number of fused-ring (bicyclic) bond motifs is 1. The van der Waals surface area contributed by atoms with Gasteiger partial charge in [-0.1, -0.05) is 18.2 Å². The quantitative estimate of drug-likeness (QED) is 0.670. The lowest BCUT2D eigenvalue weighted by Gasteiger charge is -2.01. The highest BCUT2D eigenvalue weighted by Crippen LogP contribution is 2.24. The molecular weight excluding hydrogens is 172 g/mol. The van der Waals surface area contributed by atoms with Crippen LogP contribution in [0.4, 0.5) is 0 Å². The summed E-state index contributed by atoms with van der Waals surface area (Å²) in [5.74, 6) is 0. The summed E-state index contributed by atoms with van der Waals surface area (Å²) in [6.45, 7) is 4.60. The number of nitrogens with zero attached hydrogens (tertiary/aromatic N) is 2. The maximum absolute atomic E-state index is 8.74. The second-order valence-corrected chi connectivity index (χ2v) is 3.47. The maximum atomic E-state index is 8.74. The molecule has 70 valence electrons. The molecule has 2 rings (SSSR count). The highest BCUT2D eigenvalue weighted by molar-refractivity contribution is 5.85. The Morgan fingerprint density at radius 2 is 2.00 bits per heavy atom. The minimum atomic E-state index is 0.431. The predicted molar refractivity (Wildman–Crippen MR) is 57.0 cm³/mol. The first-order valence-corrected chi connectivity index (χ1v) is 4.67. The topological polar surface area (TPSA) is 28.7 Å². The van der Waals surface area contributed by atoms with E-state index in [1.54, 1.807) is 0 Å². The normalized spacial score (nSPS) is 10.4. The molecule has 14 heavy (non-hydrogen) atoms. The van der Waals surface area contributed by atoms with Crippen molar-refractivity contribution in [1.82, 2.24) is 4.57 Å². The molecule has 0 spiro atoms. The van der Waals surface area contributed by atoms with Crippen molar-refractivity contribution in [2.24, 2.45) is 0 Å². The molecule has 1 aromatic heterocycles. The van der Waals surface area contributed by atoms with Gasteiger partial charge in [-0.2, -0.15) is 5.26 Å². The first kappa shape index (κ1) is 8.83. The third-order valence-corrected chi connectivity index (χ3v) is 2.78. The Morgan fingerprint density at radius 3 is 2.71 bits per heavy atom. The van der Waals surface area contributed by atoms with Crippen molar-refractivity contribution in [3.63, 3.8) is 0 Å². The zero-order valence-electron chi connectivity index (χ0n) is 8.41. The minimum Gasteiger partial charge on any atom is -0.331 e. The fraction of sp³-hybridized carbons (Fsp3) is 0.250. The zero-order chi connectivity index (χ0) is 10.1. The van der Waals surface area contributed by atoms with Gasteiger partial charge in [-0.25, -0.2) is 0 Å². The summed E-state index contributed by atoms with van der Waals surface area (Å²) in [6.07, 6.45) is 0. The van der Waals surface area contributed by atoms with Crippen molar-refractivity contribution in [2.45, 2.75) is 20.4 Å². The van der Waals surface area contributed by atoms with Crippen LogP contribution in [-0.4, -0.2) is 4.57 Å². The summed E-state index contributed by atoms with van der Waals surface area (Å²) in [5.41, 5.74) is 3.62. The van der Waals surface area contributed by atoms with Gasteiger partial charge in [-0.15, -0.1) is 0 Å². The van der Waals surface area contributed by atoms with Crippen LogP contribution in [0.15, 0.2) is 24.3 Å². The zero-order valence-corrected chi connectivity index (χ0v) is 8.41. The van der Waals surface area contributed by atoms with Crippen LogP contribution in [0.1, 0.15) is 11.3 Å². The third-order valence-electron chi connectivity index (χ3n) is 2.78. The number of hydrogen-bond acceptors (Lipinski definition) is 1. The average molecular weight is 184 g/mol. The second kappa shape index (κ2) is 3.19. The van der Waals surface area contributed by atoms with E-state index in [0.29, 0.717) is 6.54 Å². The lowest BCUT2D eigenvalue weighted by molar-refractivity contribution is 0.832. The van der Waals surface area contributed by atoms with Crippen LogP contribution in [0.25, 0.3) is 10.9 Å². The molecule has 0 aliphatic carbocycles. The lowest BCUT2D eigenvalue weighted by Crippen LogP contribution is -1.97. The van der Waals surface area contributed by atoms with Crippen LogP contribution in [0.5, 0.6) is 0 Å². The molecule has 0 saturated carbocycles. The molecule has 0 atom stereocenters. The van der Waals surface area contributed by atoms with Crippen LogP contribution >= 0.6 is 0 Å². The summed E-state index contributed by atoms with van der Waals surface area (Å²) in [5, 5.41) is 9.99. The van der Waals surface area contributed by atoms with Crippen LogP contribution in [0.2, 0.25) is 0 Å². The van der Waals surface area contributed by atoms with Gasteiger partial charge in [-0.05, 0) is 25.5 Å². The molecule has 2 aromatic rings. The van der Waals surface area contributed by atoms with Crippen molar-refractivity contribution in [3.8, 4) is 6.07 Å². The molecule has 0 aliphatic rings. The summed E-state index contributed by atoms with van der Waals surface area (Å²) in [6, 6.07) is 10.4. The summed E-state index contributed by atoms with van der Waals surface area (Å²) >= 11 is 0. The highest BCUT2D eigenvalue weighted by Gasteiger charge is 2.08. The van der Waals surface area contributed by atoms with E-state index in [-0.39, 0.29) is 0 Å². The molecule has 0 saturated heterocycles. The molecule has 2 heteroatoms. The summed E-state index contributed by atoms with van der Waals surface area (Å²) < 4.78 is 2.06. The predicted octanol–water partition coefficient (Wildman–Crippen LogP) is 2.78. The smallest absolute Gasteiger partial charge is 0.110 e. The molecule has 0 aliphatic heterocycles. The minimum absolute atomic E-state index is 0.431. The number of hydrogen-bond donors (Lipinski definition) is 0. The largest absolute Gasteiger partial charge is 0.331 e. The average Bonchev–Trinajstić information content (AvgIpc) is 2.45. The number of rotatable bonds is 1. The summed E-state index contributed by atoms with van der Waals surface area (Å²) in [4.78, 5) is 0. The van der Waals surface area contributed by atoms with E-state index >= 15 is 0 Å². The SMILES string of the molecule is Cc1c(C)n(CC#N)c2ccccc12. The monoisotopic (exact) mass is 184 g/mol. The maximum Gasteiger partial charge on any atom is 0.110 e. The molecule has 1 aromatic carbocycles. The Morgan fingerprint density at radius 1 is 1.29 bits per heavy atom. The third kappa shape index (κ3) is 1.10. The van der Waals surface area contributed by atoms with Gasteiger partial charge < -0.3 is 4.57 Å². The van der Waals surface area contributed by atoms with Gasteiger partial charge in [0, 0.05) is 16.6 Å². The molecule has 0 bridgehead atoms. The number of aryl methyl sites for hydroxylation is 1. The first-order chi connectivity index (χ1) is 6.75. The fourth-order valence-electron chi connectivity index (χ4n) is 1.88. The standard InChI is InChI=1S/C12H12N2/c1-9-10(2)14(8-7-13)12-6-4-3-5-11(9)12/h3-6H,8H2,1-2H3. The molecule has 0 N–H and O–H groups in total. The van der Waals surface area contributed by atoms with Gasteiger partial charge in [0.05, 0.1) is 6.07 Å². The Hall–Kier alpha value is -1.75. The Balaban J connectivity index is 2.82. The Kier molecular flexibility index (Phi) is 2.01. The van der Waals surface area contributed by atoms with Gasteiger partial charge in [0.15, 0.2) is 0 Å². The number of benzene rings is 1. The van der Waals surface area contributed by atoms with E-state index < -0.39 is 0 Å². The van der Waals surface area contributed by atoms with Crippen molar-refractivity contribution >= 4 is 10.9 Å². The Labute approximate surface area is 83.4 Å². The van der Waals surface area contributed by atoms with Crippen molar-refractivity contribution in [2.75, 3.05) is 0 Å². The highest BCUT2D eigenvalue weighted by atomic mass is 15.0. The van der Waals surface area contributed by atoms with E-state index in [2.05, 4.69) is 36.6 Å². The number of aromatic nitrogens is 1. The van der Waals surface area contributed by atoms with Crippen molar-refractivity contribution in [1.29, 1.82) is 5.26 Å². The lowest BCUT2D eigenvalue weighted by atomic mass is 10.2. The van der Waals surface area contributed by atoms with E-state index in [9.17, 15) is 0 Å². The molecule has 0 unspecified atom stereocenters. The number of para-hydroxylation sites is 1. The summed E-state index contributed by atoms with van der Waals surface area (Å²) in [7, 11) is 0. The van der Waals surface area contributed by atoms with E-state index in [0.717, 1.165) is 5.52 Å². The molecule has 0 radical (unpaired) electrons. The van der Waals surface area contributed by atoms with Crippen molar-refractivity contribution < 1.29 is 0 Å². The molecule has 0 fully saturated rings. The van der Waals surface area contributed by atoms with Crippen LogP contribution < -0.4 is 0 Å². The van der Waals surface area contributed by atoms with Crippen LogP contribution in [-0.2, 0) is 6.54 Å². The van der Waals surface area contributed by atoms with Gasteiger partial charge in [0.1, 0.15) is 6.54 Å². The Bertz CT molecular complexity index is 515. The van der Waals surface area contributed by atoms with E-state index in [4.69, 9.17) is 5.26 Å². The van der Waals surface area contributed by atoms with Gasteiger partial charge in [0.25, 0.3) is 0 Å². The number of nitriles is 1.